The molecule has 21 heavy (non-hydrogen) atoms. The summed E-state index contributed by atoms with van der Waals surface area (Å²) in [6.45, 7) is 7.11. The molecular weight excluding hydrogens is 287 g/mol. The predicted octanol–water partition coefficient (Wildman–Crippen LogP) is 3.86. The first-order valence-electron chi connectivity index (χ1n) is 7.34. The molecule has 0 amide bonds. The molecule has 0 aliphatic carbocycles. The van der Waals surface area contributed by atoms with Crippen LogP contribution in [-0.2, 0) is 6.54 Å². The minimum absolute atomic E-state index is 0.0581. The van der Waals surface area contributed by atoms with E-state index in [1.165, 1.54) is 23.5 Å². The van der Waals surface area contributed by atoms with E-state index in [1.807, 2.05) is 0 Å². The van der Waals surface area contributed by atoms with Gasteiger partial charge in [-0.15, -0.1) is 0 Å². The second-order valence-corrected chi connectivity index (χ2v) is 6.16. The van der Waals surface area contributed by atoms with Gasteiger partial charge >= 0.3 is 4.87 Å². The maximum absolute atomic E-state index is 13.0. The normalized spacial score (nSPS) is 11.2. The van der Waals surface area contributed by atoms with Gasteiger partial charge in [-0.2, -0.15) is 0 Å². The largest absolute Gasteiger partial charge is 0.312 e. The van der Waals surface area contributed by atoms with E-state index in [9.17, 15) is 9.18 Å². The highest BCUT2D eigenvalue weighted by Crippen LogP contribution is 2.25. The Hall–Kier alpha value is -1.46. The molecule has 0 spiro atoms. The smallest absolute Gasteiger partial charge is 0.305 e. The molecule has 3 nitrogen and oxygen atoms in total. The molecule has 0 aliphatic rings. The summed E-state index contributed by atoms with van der Waals surface area (Å²) in [7, 11) is 0. The van der Waals surface area contributed by atoms with Crippen LogP contribution in [0.25, 0.3) is 11.3 Å². The van der Waals surface area contributed by atoms with Crippen molar-refractivity contribution in [3.63, 3.8) is 0 Å². The van der Waals surface area contributed by atoms with Crippen LogP contribution in [0.4, 0.5) is 4.39 Å². The van der Waals surface area contributed by atoms with Crippen molar-refractivity contribution in [1.82, 2.24) is 9.88 Å². The summed E-state index contributed by atoms with van der Waals surface area (Å²) in [5.41, 5.74) is 1.68. The molecule has 2 aromatic rings. The summed E-state index contributed by atoms with van der Waals surface area (Å²) in [6, 6.07) is 6.26. The Morgan fingerprint density at radius 1 is 1.14 bits per heavy atom. The lowest BCUT2D eigenvalue weighted by Gasteiger charge is -2.20. The molecule has 0 fully saturated rings. The third-order valence-electron chi connectivity index (χ3n) is 3.30. The fourth-order valence-electron chi connectivity index (χ4n) is 2.43. The summed E-state index contributed by atoms with van der Waals surface area (Å²) in [4.78, 5) is 17.9. The molecule has 114 valence electrons. The summed E-state index contributed by atoms with van der Waals surface area (Å²) in [6.07, 6.45) is 2.18. The number of aromatic nitrogens is 1. The second-order valence-electron chi connectivity index (χ2n) is 5.10. The summed E-state index contributed by atoms with van der Waals surface area (Å²) in [5.74, 6) is -0.267. The number of thiazole rings is 1. The minimum Gasteiger partial charge on any atom is -0.312 e. The van der Waals surface area contributed by atoms with E-state index < -0.39 is 0 Å². The number of halogens is 1. The lowest BCUT2D eigenvalue weighted by Crippen LogP contribution is -2.24. The van der Waals surface area contributed by atoms with Gasteiger partial charge in [0.1, 0.15) is 5.82 Å². The third-order valence-corrected chi connectivity index (χ3v) is 4.17. The van der Waals surface area contributed by atoms with Crippen molar-refractivity contribution < 1.29 is 4.39 Å². The molecule has 1 heterocycles. The number of benzene rings is 1. The first-order chi connectivity index (χ1) is 10.1. The Labute approximate surface area is 128 Å². The molecular formula is C16H21FN2OS. The van der Waals surface area contributed by atoms with Crippen molar-refractivity contribution in [1.29, 1.82) is 0 Å². The van der Waals surface area contributed by atoms with Gasteiger partial charge < -0.3 is 4.98 Å². The van der Waals surface area contributed by atoms with Gasteiger partial charge in [0.15, 0.2) is 0 Å². The Morgan fingerprint density at radius 2 is 1.76 bits per heavy atom. The number of nitrogens with zero attached hydrogens (tertiary/aromatic N) is 1. The van der Waals surface area contributed by atoms with Crippen LogP contribution in [0.15, 0.2) is 29.1 Å². The zero-order valence-corrected chi connectivity index (χ0v) is 13.3. The summed E-state index contributed by atoms with van der Waals surface area (Å²) >= 11 is 1.25. The van der Waals surface area contributed by atoms with Gasteiger partial charge in [0.25, 0.3) is 0 Å². The highest BCUT2D eigenvalue weighted by Gasteiger charge is 2.13. The zero-order chi connectivity index (χ0) is 15.2. The standard InChI is InChI=1S/C16H21FN2OS/c1-3-9-19(10-4-2)11-14-15(18-16(20)21-14)12-5-7-13(17)8-6-12/h5-8H,3-4,9-11H2,1-2H3,(H,18,20). The van der Waals surface area contributed by atoms with Gasteiger partial charge in [0.05, 0.1) is 5.69 Å². The summed E-state index contributed by atoms with van der Waals surface area (Å²) in [5, 5.41) is 0. The molecule has 1 aromatic carbocycles. The van der Waals surface area contributed by atoms with Crippen LogP contribution in [0.5, 0.6) is 0 Å². The number of rotatable bonds is 7. The molecule has 2 rings (SSSR count). The maximum atomic E-state index is 13.0. The highest BCUT2D eigenvalue weighted by atomic mass is 32.1. The van der Waals surface area contributed by atoms with Crippen LogP contribution in [0.1, 0.15) is 31.6 Å². The molecule has 0 bridgehead atoms. The van der Waals surface area contributed by atoms with Gasteiger partial charge in [-0.1, -0.05) is 25.2 Å². The Kier molecular flexibility index (Phi) is 5.70. The van der Waals surface area contributed by atoms with Crippen molar-refractivity contribution in [2.75, 3.05) is 13.1 Å². The molecule has 0 atom stereocenters. The number of nitrogens with one attached hydrogen (secondary N) is 1. The lowest BCUT2D eigenvalue weighted by molar-refractivity contribution is 0.269. The number of H-pyrrole nitrogens is 1. The van der Waals surface area contributed by atoms with Crippen molar-refractivity contribution in [3.05, 3.63) is 44.6 Å². The zero-order valence-electron chi connectivity index (χ0n) is 12.5. The number of hydrogen-bond acceptors (Lipinski definition) is 3. The van der Waals surface area contributed by atoms with Gasteiger partial charge in [-0.25, -0.2) is 4.39 Å². The van der Waals surface area contributed by atoms with Gasteiger partial charge in [-0.05, 0) is 55.8 Å². The monoisotopic (exact) mass is 308 g/mol. The van der Waals surface area contributed by atoms with Crippen molar-refractivity contribution in [3.8, 4) is 11.3 Å². The van der Waals surface area contributed by atoms with E-state index in [0.717, 1.165) is 48.6 Å². The van der Waals surface area contributed by atoms with E-state index in [4.69, 9.17) is 0 Å². The average Bonchev–Trinajstić information content (AvgIpc) is 2.81. The highest BCUT2D eigenvalue weighted by molar-refractivity contribution is 7.09. The first-order valence-corrected chi connectivity index (χ1v) is 8.16. The SMILES string of the molecule is CCCN(CCC)Cc1sc(=O)[nH]c1-c1ccc(F)cc1. The Morgan fingerprint density at radius 3 is 2.33 bits per heavy atom. The van der Waals surface area contributed by atoms with Crippen LogP contribution >= 0.6 is 11.3 Å². The predicted molar refractivity (Wildman–Crippen MR) is 86.2 cm³/mol. The quantitative estimate of drug-likeness (QED) is 0.843. The fraction of sp³-hybridized carbons (Fsp3) is 0.438. The van der Waals surface area contributed by atoms with E-state index in [2.05, 4.69) is 23.7 Å². The molecule has 1 N–H and O–H groups in total. The van der Waals surface area contributed by atoms with Crippen LogP contribution in [0.3, 0.4) is 0 Å². The van der Waals surface area contributed by atoms with Crippen molar-refractivity contribution >= 4 is 11.3 Å². The van der Waals surface area contributed by atoms with Gasteiger partial charge in [0.2, 0.25) is 0 Å². The van der Waals surface area contributed by atoms with E-state index in [1.54, 1.807) is 12.1 Å². The first kappa shape index (κ1) is 15.9. The minimum atomic E-state index is -0.267. The fourth-order valence-corrected chi connectivity index (χ4v) is 3.32. The molecule has 0 aliphatic heterocycles. The average molecular weight is 308 g/mol. The molecule has 0 saturated carbocycles. The molecule has 1 aromatic heterocycles. The lowest BCUT2D eigenvalue weighted by atomic mass is 10.1. The second kappa shape index (κ2) is 7.52. The Bertz CT molecular complexity index is 612. The molecule has 5 heteroatoms. The number of aromatic amines is 1. The van der Waals surface area contributed by atoms with E-state index in [-0.39, 0.29) is 10.7 Å². The van der Waals surface area contributed by atoms with Crippen LogP contribution < -0.4 is 4.87 Å². The van der Waals surface area contributed by atoms with Crippen LogP contribution in [0.2, 0.25) is 0 Å². The van der Waals surface area contributed by atoms with E-state index >= 15 is 0 Å². The topological polar surface area (TPSA) is 36.1 Å². The third kappa shape index (κ3) is 4.25. The summed E-state index contributed by atoms with van der Waals surface area (Å²) < 4.78 is 13.0. The Balaban J connectivity index is 2.27. The number of hydrogen-bond donors (Lipinski definition) is 1. The van der Waals surface area contributed by atoms with Crippen LogP contribution in [0, 0.1) is 5.82 Å². The van der Waals surface area contributed by atoms with E-state index in [0.29, 0.717) is 0 Å². The molecule has 0 radical (unpaired) electrons. The van der Waals surface area contributed by atoms with Crippen LogP contribution in [-0.4, -0.2) is 23.0 Å². The van der Waals surface area contributed by atoms with Crippen molar-refractivity contribution in [2.24, 2.45) is 0 Å². The van der Waals surface area contributed by atoms with Crippen molar-refractivity contribution in [2.45, 2.75) is 33.2 Å². The van der Waals surface area contributed by atoms with Gasteiger partial charge in [0, 0.05) is 11.4 Å². The van der Waals surface area contributed by atoms with Gasteiger partial charge in [-0.3, -0.25) is 9.69 Å². The molecule has 0 unspecified atom stereocenters. The maximum Gasteiger partial charge on any atom is 0.305 e. The molecule has 0 saturated heterocycles.